The van der Waals surface area contributed by atoms with Gasteiger partial charge in [0.1, 0.15) is 23.9 Å². The van der Waals surface area contributed by atoms with Gasteiger partial charge in [-0.05, 0) is 74.8 Å². The molecule has 4 unspecified atom stereocenters. The number of unbranched alkanes of at least 4 members (excludes halogenated alkanes) is 1. The number of carboxylic acids is 1. The number of carbonyl (C=O) groups is 4. The van der Waals surface area contributed by atoms with Gasteiger partial charge in [0.25, 0.3) is 0 Å². The molecule has 0 aromatic heterocycles. The van der Waals surface area contributed by atoms with Gasteiger partial charge < -0.3 is 49.1 Å². The Balaban J connectivity index is 3.05. The van der Waals surface area contributed by atoms with Crippen molar-refractivity contribution in [1.82, 2.24) is 16.0 Å². The number of nitrogens with zero attached hydrogens (tertiary/aromatic N) is 1. The summed E-state index contributed by atoms with van der Waals surface area (Å²) in [4.78, 5) is 55.0. The van der Waals surface area contributed by atoms with E-state index in [9.17, 15) is 29.4 Å². The fourth-order valence-electron chi connectivity index (χ4n) is 3.80. The van der Waals surface area contributed by atoms with Crippen LogP contribution in [-0.4, -0.2) is 89.1 Å². The Morgan fingerprint density at radius 3 is 1.98 bits per heavy atom. The fourth-order valence-corrected chi connectivity index (χ4v) is 4.29. The Hall–Kier alpha value is -3.56. The van der Waals surface area contributed by atoms with Crippen molar-refractivity contribution in [3.63, 3.8) is 0 Å². The van der Waals surface area contributed by atoms with Crippen LogP contribution in [0.15, 0.2) is 29.3 Å². The first kappa shape index (κ1) is 35.5. The van der Waals surface area contributed by atoms with Gasteiger partial charge in [-0.25, -0.2) is 4.79 Å². The van der Waals surface area contributed by atoms with E-state index in [1.165, 1.54) is 23.9 Å². The number of rotatable bonds is 20. The second kappa shape index (κ2) is 19.5. The van der Waals surface area contributed by atoms with Crippen molar-refractivity contribution >= 4 is 41.4 Å². The Kier molecular flexibility index (Phi) is 16.9. The van der Waals surface area contributed by atoms with Gasteiger partial charge in [-0.3, -0.25) is 19.4 Å². The van der Waals surface area contributed by atoms with Crippen molar-refractivity contribution in [3.8, 4) is 5.75 Å². The number of phenolic OH excluding ortho intramolecular Hbond substituents is 1. The quantitative estimate of drug-likeness (QED) is 0.0487. The van der Waals surface area contributed by atoms with Crippen LogP contribution in [0.5, 0.6) is 5.75 Å². The molecule has 0 heterocycles. The highest BCUT2D eigenvalue weighted by molar-refractivity contribution is 7.98. The first-order chi connectivity index (χ1) is 19.5. The zero-order valence-electron chi connectivity index (χ0n) is 23.4. The van der Waals surface area contributed by atoms with Gasteiger partial charge in [-0.1, -0.05) is 12.1 Å². The first-order valence-electron chi connectivity index (χ1n) is 13.4. The first-order valence-corrected chi connectivity index (χ1v) is 14.8. The average Bonchev–Trinajstić information content (AvgIpc) is 2.93. The van der Waals surface area contributed by atoms with Crippen molar-refractivity contribution in [3.05, 3.63) is 29.8 Å². The summed E-state index contributed by atoms with van der Waals surface area (Å²) in [5, 5.41) is 27.0. The minimum absolute atomic E-state index is 0.0255. The number of benzene rings is 1. The van der Waals surface area contributed by atoms with Crippen molar-refractivity contribution in [2.75, 3.05) is 25.1 Å². The Morgan fingerprint density at radius 1 is 0.878 bits per heavy atom. The molecule has 0 aliphatic carbocycles. The third-order valence-electron chi connectivity index (χ3n) is 6.12. The molecule has 230 valence electrons. The van der Waals surface area contributed by atoms with Gasteiger partial charge in [-0.2, -0.15) is 11.8 Å². The topological polar surface area (TPSA) is 261 Å². The number of thioether (sulfide) groups is 1. The maximum absolute atomic E-state index is 13.3. The van der Waals surface area contributed by atoms with E-state index >= 15 is 0 Å². The number of hydrogen-bond donors (Lipinski definition) is 9. The molecular weight excluding hydrogens is 552 g/mol. The number of guanidine groups is 1. The molecule has 0 fully saturated rings. The van der Waals surface area contributed by atoms with Crippen molar-refractivity contribution in [2.24, 2.45) is 27.9 Å². The zero-order valence-corrected chi connectivity index (χ0v) is 24.2. The van der Waals surface area contributed by atoms with Crippen LogP contribution in [0.1, 0.15) is 44.1 Å². The van der Waals surface area contributed by atoms with Crippen LogP contribution >= 0.6 is 11.8 Å². The molecule has 0 spiro atoms. The summed E-state index contributed by atoms with van der Waals surface area (Å²) >= 11 is 1.54. The van der Waals surface area contributed by atoms with Gasteiger partial charge in [0.2, 0.25) is 17.7 Å². The Labute approximate surface area is 244 Å². The van der Waals surface area contributed by atoms with Crippen LogP contribution in [0.4, 0.5) is 0 Å². The number of aliphatic carboxylic acids is 1. The highest BCUT2D eigenvalue weighted by Crippen LogP contribution is 2.12. The molecule has 13 N–H and O–H groups in total. The largest absolute Gasteiger partial charge is 0.508 e. The van der Waals surface area contributed by atoms with Gasteiger partial charge in [-0.15, -0.1) is 0 Å². The molecule has 0 aliphatic heterocycles. The lowest BCUT2D eigenvalue weighted by Gasteiger charge is -2.25. The second-order valence-electron chi connectivity index (χ2n) is 9.51. The van der Waals surface area contributed by atoms with Crippen LogP contribution in [0.2, 0.25) is 0 Å². The summed E-state index contributed by atoms with van der Waals surface area (Å²) in [5.74, 6) is -2.51. The molecular formula is C26H44N8O6S. The smallest absolute Gasteiger partial charge is 0.326 e. The van der Waals surface area contributed by atoms with Crippen LogP contribution < -0.4 is 38.9 Å². The average molecular weight is 597 g/mol. The summed E-state index contributed by atoms with van der Waals surface area (Å²) in [6.07, 6.45) is 4.05. The van der Waals surface area contributed by atoms with Gasteiger partial charge in [0.05, 0.1) is 6.04 Å². The third kappa shape index (κ3) is 14.6. The van der Waals surface area contributed by atoms with Crippen LogP contribution in [0.3, 0.4) is 0 Å². The normalized spacial score (nSPS) is 13.7. The third-order valence-corrected chi connectivity index (χ3v) is 6.76. The maximum Gasteiger partial charge on any atom is 0.326 e. The minimum atomic E-state index is -1.29. The maximum atomic E-state index is 13.3. The zero-order chi connectivity index (χ0) is 30.8. The lowest BCUT2D eigenvalue weighted by Crippen LogP contribution is -2.57. The van der Waals surface area contributed by atoms with Crippen LogP contribution in [-0.2, 0) is 25.6 Å². The number of amides is 3. The molecule has 0 radical (unpaired) electrons. The highest BCUT2D eigenvalue weighted by Gasteiger charge is 2.30. The van der Waals surface area contributed by atoms with Crippen LogP contribution in [0.25, 0.3) is 0 Å². The number of nitrogens with one attached hydrogen (secondary N) is 3. The predicted molar refractivity (Wildman–Crippen MR) is 159 cm³/mol. The molecule has 1 rings (SSSR count). The van der Waals surface area contributed by atoms with Crippen molar-refractivity contribution in [1.29, 1.82) is 0 Å². The van der Waals surface area contributed by atoms with E-state index in [1.54, 1.807) is 12.1 Å². The summed E-state index contributed by atoms with van der Waals surface area (Å²) in [5.41, 5.74) is 22.9. The molecule has 4 atom stereocenters. The Bertz CT molecular complexity index is 1010. The van der Waals surface area contributed by atoms with E-state index in [4.69, 9.17) is 22.9 Å². The summed E-state index contributed by atoms with van der Waals surface area (Å²) in [6, 6.07) is 1.71. The number of carbonyl (C=O) groups excluding carboxylic acids is 3. The number of carboxylic acid groups (broad SMARTS) is 1. The molecule has 0 bridgehead atoms. The molecule has 14 nitrogen and oxygen atoms in total. The molecule has 0 aliphatic rings. The molecule has 1 aromatic carbocycles. The number of hydrogen-bond acceptors (Lipinski definition) is 9. The lowest BCUT2D eigenvalue weighted by molar-refractivity contribution is -0.142. The van der Waals surface area contributed by atoms with Crippen molar-refractivity contribution in [2.45, 2.75) is 69.1 Å². The van der Waals surface area contributed by atoms with E-state index in [0.717, 1.165) is 0 Å². The molecule has 3 amide bonds. The van der Waals surface area contributed by atoms with Gasteiger partial charge >= 0.3 is 5.97 Å². The minimum Gasteiger partial charge on any atom is -0.508 e. The summed E-state index contributed by atoms with van der Waals surface area (Å²) < 4.78 is 0. The van der Waals surface area contributed by atoms with Crippen molar-refractivity contribution < 1.29 is 29.4 Å². The van der Waals surface area contributed by atoms with E-state index in [0.29, 0.717) is 43.5 Å². The molecule has 15 heteroatoms. The fraction of sp³-hybridized carbons (Fsp3) is 0.577. The number of aliphatic imine (C=N–C) groups is 1. The molecule has 41 heavy (non-hydrogen) atoms. The molecule has 1 aromatic rings. The van der Waals surface area contributed by atoms with E-state index in [-0.39, 0.29) is 37.5 Å². The second-order valence-corrected chi connectivity index (χ2v) is 10.5. The molecule has 0 saturated carbocycles. The highest BCUT2D eigenvalue weighted by atomic mass is 32.2. The summed E-state index contributed by atoms with van der Waals surface area (Å²) in [7, 11) is 0. The SMILES string of the molecule is CSCCC(N)C(=O)NC(CCCN=C(N)N)C(=O)NC(CCCCN)C(=O)NC(Cc1ccc(O)cc1)C(=O)O. The monoisotopic (exact) mass is 596 g/mol. The molecule has 0 saturated heterocycles. The summed E-state index contributed by atoms with van der Waals surface area (Å²) in [6.45, 7) is 0.594. The lowest BCUT2D eigenvalue weighted by atomic mass is 10.0. The van der Waals surface area contributed by atoms with Gasteiger partial charge in [0, 0.05) is 13.0 Å². The van der Waals surface area contributed by atoms with E-state index in [1.807, 2.05) is 6.26 Å². The standard InChI is InChI=1S/C26H44N8O6S/c1-41-14-11-18(28)22(36)32-20(6-4-13-31-26(29)30)23(37)33-19(5-2-3-12-27)24(38)34-21(25(39)40)15-16-7-9-17(35)10-8-16/h7-10,18-21,35H,2-6,11-15,27-28H2,1H3,(H,32,36)(H,33,37)(H,34,38)(H,39,40)(H4,29,30,31). The predicted octanol–water partition coefficient (Wildman–Crippen LogP) is -1.26. The number of phenols is 1. The van der Waals surface area contributed by atoms with E-state index in [2.05, 4.69) is 20.9 Å². The van der Waals surface area contributed by atoms with Crippen LogP contribution in [0, 0.1) is 0 Å². The Morgan fingerprint density at radius 2 is 1.44 bits per heavy atom. The van der Waals surface area contributed by atoms with E-state index < -0.39 is 47.9 Å². The number of aromatic hydroxyl groups is 1. The number of nitrogens with two attached hydrogens (primary N) is 4. The van der Waals surface area contributed by atoms with Gasteiger partial charge in [0.15, 0.2) is 5.96 Å².